The molecule has 1 aliphatic heterocycles. The minimum absolute atomic E-state index is 0.0145. The van der Waals surface area contributed by atoms with Crippen LogP contribution in [0, 0.1) is 0 Å². The standard InChI is InChI=1S/C7H14N2O2S/c1-2-9-4-3-6(8)5-7(9)12(10)11/h6H,2-5,8H2,1H3. The fraction of sp³-hybridized carbons (Fsp3) is 0.857. The molecule has 1 rings (SSSR count). The SMILES string of the molecule is CCN1CCC(N)CC1=S(=O)=O. The van der Waals surface area contributed by atoms with Gasteiger partial charge in [0, 0.05) is 25.6 Å². The molecule has 0 spiro atoms. The number of rotatable bonds is 1. The Balaban J connectivity index is 2.86. The van der Waals surface area contributed by atoms with Gasteiger partial charge in [-0.1, -0.05) is 6.92 Å². The first-order chi connectivity index (χ1) is 5.65. The zero-order valence-electron chi connectivity index (χ0n) is 7.16. The third kappa shape index (κ3) is 2.06. The number of nitrogens with two attached hydrogens (primary N) is 1. The predicted octanol–water partition coefficient (Wildman–Crippen LogP) is -0.562. The summed E-state index contributed by atoms with van der Waals surface area (Å²) in [5.74, 6) is 0. The van der Waals surface area contributed by atoms with Gasteiger partial charge in [-0.15, -0.1) is 0 Å². The Labute approximate surface area is 73.9 Å². The summed E-state index contributed by atoms with van der Waals surface area (Å²) in [4.78, 5) is 2.34. The van der Waals surface area contributed by atoms with Crippen LogP contribution in [0.1, 0.15) is 19.8 Å². The molecule has 0 aliphatic carbocycles. The summed E-state index contributed by atoms with van der Waals surface area (Å²) in [5, 5.41) is 0. The van der Waals surface area contributed by atoms with E-state index in [1.165, 1.54) is 0 Å². The monoisotopic (exact) mass is 190 g/mol. The first-order valence-corrected chi connectivity index (χ1v) is 5.18. The molecule has 0 radical (unpaired) electrons. The maximum atomic E-state index is 10.7. The van der Waals surface area contributed by atoms with Crippen LogP contribution in [0.3, 0.4) is 0 Å². The van der Waals surface area contributed by atoms with Gasteiger partial charge in [0.1, 0.15) is 4.99 Å². The van der Waals surface area contributed by atoms with Crippen molar-refractivity contribution in [2.24, 2.45) is 5.73 Å². The molecule has 5 heteroatoms. The zero-order valence-corrected chi connectivity index (χ0v) is 7.97. The Hall–Kier alpha value is -0.390. The first-order valence-electron chi connectivity index (χ1n) is 4.10. The summed E-state index contributed by atoms with van der Waals surface area (Å²) in [6, 6.07) is 0.0145. The van der Waals surface area contributed by atoms with Crippen molar-refractivity contribution in [3.8, 4) is 0 Å². The quantitative estimate of drug-likeness (QED) is 0.563. The molecule has 2 N–H and O–H groups in total. The van der Waals surface area contributed by atoms with Crippen LogP contribution in [0.15, 0.2) is 0 Å². The molecule has 0 saturated carbocycles. The normalized spacial score (nSPS) is 25.8. The highest BCUT2D eigenvalue weighted by molar-refractivity contribution is 7.72. The van der Waals surface area contributed by atoms with Gasteiger partial charge in [0.05, 0.1) is 0 Å². The Morgan fingerprint density at radius 2 is 2.33 bits per heavy atom. The Morgan fingerprint density at radius 1 is 1.67 bits per heavy atom. The molecule has 0 amide bonds. The Kier molecular flexibility index (Phi) is 3.25. The third-order valence-electron chi connectivity index (χ3n) is 2.13. The van der Waals surface area contributed by atoms with Gasteiger partial charge in [0.15, 0.2) is 0 Å². The lowest BCUT2D eigenvalue weighted by atomic mass is 10.1. The minimum atomic E-state index is -2.09. The van der Waals surface area contributed by atoms with Gasteiger partial charge in [-0.2, -0.15) is 8.42 Å². The summed E-state index contributed by atoms with van der Waals surface area (Å²) in [5.41, 5.74) is 5.66. The molecule has 0 bridgehead atoms. The van der Waals surface area contributed by atoms with Crippen LogP contribution >= 0.6 is 0 Å². The molecular formula is C7H14N2O2S. The highest BCUT2D eigenvalue weighted by Crippen LogP contribution is 2.09. The van der Waals surface area contributed by atoms with Crippen molar-refractivity contribution in [1.82, 2.24) is 4.90 Å². The summed E-state index contributed by atoms with van der Waals surface area (Å²) in [6.07, 6.45) is 1.37. The highest BCUT2D eigenvalue weighted by atomic mass is 32.2. The van der Waals surface area contributed by atoms with Crippen molar-refractivity contribution in [3.05, 3.63) is 0 Å². The van der Waals surface area contributed by atoms with Crippen molar-refractivity contribution in [3.63, 3.8) is 0 Å². The van der Waals surface area contributed by atoms with E-state index in [0.717, 1.165) is 19.5 Å². The lowest BCUT2D eigenvalue weighted by molar-refractivity contribution is 0.371. The molecule has 1 fully saturated rings. The van der Waals surface area contributed by atoms with Crippen LogP contribution < -0.4 is 5.73 Å². The van der Waals surface area contributed by atoms with Crippen molar-refractivity contribution in [1.29, 1.82) is 0 Å². The smallest absolute Gasteiger partial charge is 0.228 e. The second kappa shape index (κ2) is 4.02. The van der Waals surface area contributed by atoms with Crippen molar-refractivity contribution < 1.29 is 8.42 Å². The predicted molar refractivity (Wildman–Crippen MR) is 48.4 cm³/mol. The molecular weight excluding hydrogens is 176 g/mol. The van der Waals surface area contributed by atoms with Crippen molar-refractivity contribution in [2.45, 2.75) is 25.8 Å². The van der Waals surface area contributed by atoms with E-state index in [9.17, 15) is 8.42 Å². The summed E-state index contributed by atoms with van der Waals surface area (Å²) in [7, 11) is -2.09. The van der Waals surface area contributed by atoms with Gasteiger partial charge in [-0.05, 0) is 6.42 Å². The van der Waals surface area contributed by atoms with Gasteiger partial charge in [0.25, 0.3) is 0 Å². The Bertz CT molecular complexity index is 276. The van der Waals surface area contributed by atoms with E-state index in [4.69, 9.17) is 5.73 Å². The molecule has 0 aromatic carbocycles. The third-order valence-corrected chi connectivity index (χ3v) is 2.94. The number of likely N-dealkylation sites (tertiary alicyclic amines) is 1. The van der Waals surface area contributed by atoms with Crippen molar-refractivity contribution >= 4 is 15.3 Å². The van der Waals surface area contributed by atoms with Crippen LogP contribution in [-0.2, 0) is 10.3 Å². The van der Waals surface area contributed by atoms with Gasteiger partial charge in [0.2, 0.25) is 10.3 Å². The van der Waals surface area contributed by atoms with E-state index in [-0.39, 0.29) is 6.04 Å². The maximum absolute atomic E-state index is 10.7. The van der Waals surface area contributed by atoms with Crippen LogP contribution in [-0.4, -0.2) is 37.4 Å². The van der Waals surface area contributed by atoms with Crippen LogP contribution in [0.2, 0.25) is 0 Å². The lowest BCUT2D eigenvalue weighted by Gasteiger charge is -2.28. The molecule has 1 saturated heterocycles. The molecule has 0 aromatic rings. The first kappa shape index (κ1) is 9.70. The van der Waals surface area contributed by atoms with E-state index < -0.39 is 10.3 Å². The molecule has 1 heterocycles. The molecule has 70 valence electrons. The lowest BCUT2D eigenvalue weighted by Crippen LogP contribution is -2.44. The van der Waals surface area contributed by atoms with Gasteiger partial charge < -0.3 is 5.73 Å². The molecule has 1 atom stereocenters. The molecule has 1 aliphatic rings. The number of hydrogen-bond donors (Lipinski definition) is 1. The average Bonchev–Trinajstić information content (AvgIpc) is 2.04. The average molecular weight is 190 g/mol. The van der Waals surface area contributed by atoms with E-state index in [2.05, 4.69) is 0 Å². The van der Waals surface area contributed by atoms with Crippen LogP contribution in [0.5, 0.6) is 0 Å². The summed E-state index contributed by atoms with van der Waals surface area (Å²) >= 11 is 0. The van der Waals surface area contributed by atoms with Gasteiger partial charge in [-0.25, -0.2) is 0 Å². The topological polar surface area (TPSA) is 63.4 Å². The number of nitrogens with zero attached hydrogens (tertiary/aromatic N) is 1. The van der Waals surface area contributed by atoms with Gasteiger partial charge in [-0.3, -0.25) is 4.90 Å². The highest BCUT2D eigenvalue weighted by Gasteiger charge is 2.21. The largest absolute Gasteiger partial charge is 0.327 e. The van der Waals surface area contributed by atoms with Gasteiger partial charge >= 0.3 is 0 Å². The number of hydrogen-bond acceptors (Lipinski definition) is 3. The van der Waals surface area contributed by atoms with Crippen LogP contribution in [0.25, 0.3) is 0 Å². The molecule has 1 unspecified atom stereocenters. The van der Waals surface area contributed by atoms with E-state index in [0.29, 0.717) is 11.4 Å². The Morgan fingerprint density at radius 3 is 2.83 bits per heavy atom. The van der Waals surface area contributed by atoms with Crippen LogP contribution in [0.4, 0.5) is 0 Å². The fourth-order valence-corrected chi connectivity index (χ4v) is 2.19. The number of piperidine rings is 1. The molecule has 12 heavy (non-hydrogen) atoms. The molecule has 4 nitrogen and oxygen atoms in total. The zero-order chi connectivity index (χ0) is 9.14. The maximum Gasteiger partial charge on any atom is 0.228 e. The minimum Gasteiger partial charge on any atom is -0.327 e. The van der Waals surface area contributed by atoms with E-state index in [1.54, 1.807) is 0 Å². The summed E-state index contributed by atoms with van der Waals surface area (Å²) < 4.78 is 21.5. The second-order valence-electron chi connectivity index (χ2n) is 2.96. The fourth-order valence-electron chi connectivity index (χ4n) is 1.41. The van der Waals surface area contributed by atoms with Crippen molar-refractivity contribution in [2.75, 3.05) is 13.1 Å². The second-order valence-corrected chi connectivity index (χ2v) is 3.90. The van der Waals surface area contributed by atoms with E-state index in [1.807, 2.05) is 11.8 Å². The van der Waals surface area contributed by atoms with E-state index >= 15 is 0 Å². The summed E-state index contributed by atoms with van der Waals surface area (Å²) in [6.45, 7) is 3.46. The molecule has 0 aromatic heterocycles.